The first-order valence-corrected chi connectivity index (χ1v) is 10.1. The molecule has 28 heavy (non-hydrogen) atoms. The van der Waals surface area contributed by atoms with Crippen LogP contribution in [-0.2, 0) is 6.42 Å². The summed E-state index contributed by atoms with van der Waals surface area (Å²) in [6.45, 7) is 12.8. The van der Waals surface area contributed by atoms with Crippen molar-refractivity contribution in [3.63, 3.8) is 0 Å². The van der Waals surface area contributed by atoms with Crippen LogP contribution in [0.25, 0.3) is 0 Å². The number of hydrogen-bond donors (Lipinski definition) is 4. The van der Waals surface area contributed by atoms with Crippen LogP contribution < -0.4 is 4.74 Å². The molecule has 0 aliphatic carbocycles. The van der Waals surface area contributed by atoms with E-state index in [1.54, 1.807) is 12.1 Å². The Bertz CT molecular complexity index is 677. The van der Waals surface area contributed by atoms with Crippen molar-refractivity contribution in [3.8, 4) is 28.7 Å². The molecule has 5 nitrogen and oxygen atoms in total. The minimum Gasteiger partial charge on any atom is -0.507 e. The van der Waals surface area contributed by atoms with Crippen LogP contribution in [0.4, 0.5) is 0 Å². The first-order valence-electron chi connectivity index (χ1n) is 10.1. The SMILES string of the molecule is CC.CC.CC[C@@H](C)c1c(O)cc(O)c2c1OCCC2.Oc1ccccc1O. The molecule has 1 aliphatic heterocycles. The first-order chi connectivity index (χ1) is 13.5. The molecule has 0 spiro atoms. The molecule has 3 rings (SSSR count). The molecular formula is C23H36O5. The van der Waals surface area contributed by atoms with Crippen LogP contribution in [0.2, 0.25) is 0 Å². The molecular weight excluding hydrogens is 356 g/mol. The van der Waals surface area contributed by atoms with E-state index in [9.17, 15) is 10.2 Å². The lowest BCUT2D eigenvalue weighted by molar-refractivity contribution is 0.275. The van der Waals surface area contributed by atoms with Gasteiger partial charge in [-0.25, -0.2) is 0 Å². The normalized spacial score (nSPS) is 12.4. The average molecular weight is 393 g/mol. The maximum atomic E-state index is 9.91. The largest absolute Gasteiger partial charge is 0.507 e. The van der Waals surface area contributed by atoms with Gasteiger partial charge < -0.3 is 25.2 Å². The first kappa shape index (κ1) is 25.4. The van der Waals surface area contributed by atoms with Crippen LogP contribution in [-0.4, -0.2) is 27.0 Å². The molecule has 1 heterocycles. The summed E-state index contributed by atoms with van der Waals surface area (Å²) in [5.41, 5.74) is 1.69. The molecule has 0 fully saturated rings. The van der Waals surface area contributed by atoms with Crippen molar-refractivity contribution in [1.82, 2.24) is 0 Å². The van der Waals surface area contributed by atoms with Gasteiger partial charge in [0.1, 0.15) is 17.2 Å². The van der Waals surface area contributed by atoms with E-state index in [-0.39, 0.29) is 28.9 Å². The molecule has 0 unspecified atom stereocenters. The molecule has 1 aliphatic rings. The predicted octanol–water partition coefficient (Wildman–Crippen LogP) is 6.09. The summed E-state index contributed by atoms with van der Waals surface area (Å²) < 4.78 is 5.62. The van der Waals surface area contributed by atoms with Gasteiger partial charge in [0, 0.05) is 17.2 Å². The standard InChI is InChI=1S/C13H18O3.C6H6O2.2C2H6/c1-3-8(2)12-11(15)7-10(14)9-5-4-6-16-13(9)12;7-5-3-1-2-4-6(5)8;2*1-2/h7-8,14-15H,3-6H2,1-2H3;1-4,7-8H;2*1-2H3/t8-;;;/m1.../s1. The van der Waals surface area contributed by atoms with Gasteiger partial charge in [0.15, 0.2) is 11.5 Å². The van der Waals surface area contributed by atoms with Crippen LogP contribution in [0.3, 0.4) is 0 Å². The van der Waals surface area contributed by atoms with Gasteiger partial charge in [0.25, 0.3) is 0 Å². The molecule has 0 saturated carbocycles. The number of para-hydroxylation sites is 2. The van der Waals surface area contributed by atoms with E-state index < -0.39 is 0 Å². The van der Waals surface area contributed by atoms with Gasteiger partial charge in [-0.05, 0) is 37.3 Å². The van der Waals surface area contributed by atoms with Crippen LogP contribution >= 0.6 is 0 Å². The molecule has 0 saturated heterocycles. The zero-order valence-electron chi connectivity index (χ0n) is 18.0. The second-order valence-corrected chi connectivity index (χ2v) is 5.89. The van der Waals surface area contributed by atoms with E-state index in [1.165, 1.54) is 18.2 Å². The number of aromatic hydroxyl groups is 4. The molecule has 0 radical (unpaired) electrons. The monoisotopic (exact) mass is 392 g/mol. The summed E-state index contributed by atoms with van der Waals surface area (Å²) in [6.07, 6.45) is 2.68. The summed E-state index contributed by atoms with van der Waals surface area (Å²) in [5.74, 6) is 1.09. The maximum Gasteiger partial charge on any atom is 0.157 e. The van der Waals surface area contributed by atoms with Gasteiger partial charge in [-0.1, -0.05) is 53.7 Å². The van der Waals surface area contributed by atoms with Crippen molar-refractivity contribution in [2.24, 2.45) is 0 Å². The average Bonchev–Trinajstić information content (AvgIpc) is 2.73. The van der Waals surface area contributed by atoms with Crippen molar-refractivity contribution in [2.45, 2.75) is 66.7 Å². The molecule has 0 bridgehead atoms. The number of hydrogen-bond acceptors (Lipinski definition) is 5. The van der Waals surface area contributed by atoms with Gasteiger partial charge in [0.2, 0.25) is 0 Å². The highest BCUT2D eigenvalue weighted by Crippen LogP contribution is 2.45. The van der Waals surface area contributed by atoms with Crippen molar-refractivity contribution in [2.75, 3.05) is 6.61 Å². The zero-order chi connectivity index (χ0) is 21.7. The Morgan fingerprint density at radius 3 is 1.89 bits per heavy atom. The Labute approximate surface area is 169 Å². The third-order valence-electron chi connectivity index (χ3n) is 4.18. The zero-order valence-corrected chi connectivity index (χ0v) is 18.0. The lowest BCUT2D eigenvalue weighted by atomic mass is 9.91. The van der Waals surface area contributed by atoms with Crippen molar-refractivity contribution in [3.05, 3.63) is 41.5 Å². The number of rotatable bonds is 2. The lowest BCUT2D eigenvalue weighted by Gasteiger charge is -2.24. The Kier molecular flexibility index (Phi) is 12.3. The number of fused-ring (bicyclic) bond motifs is 1. The van der Waals surface area contributed by atoms with Gasteiger partial charge in [-0.15, -0.1) is 0 Å². The van der Waals surface area contributed by atoms with E-state index >= 15 is 0 Å². The summed E-state index contributed by atoms with van der Waals surface area (Å²) in [6, 6.07) is 7.59. The quantitative estimate of drug-likeness (QED) is 0.465. The Morgan fingerprint density at radius 2 is 1.43 bits per heavy atom. The topological polar surface area (TPSA) is 90.2 Å². The van der Waals surface area contributed by atoms with Crippen LogP contribution in [0.15, 0.2) is 30.3 Å². The Balaban J connectivity index is 0.000000511. The molecule has 4 N–H and O–H groups in total. The van der Waals surface area contributed by atoms with E-state index in [0.717, 1.165) is 30.4 Å². The number of phenolic OH excluding ortho intramolecular Hbond substituents is 4. The third kappa shape index (κ3) is 6.87. The highest BCUT2D eigenvalue weighted by atomic mass is 16.5. The molecule has 0 aromatic heterocycles. The molecule has 1 atom stereocenters. The summed E-state index contributed by atoms with van der Waals surface area (Å²) in [4.78, 5) is 0. The predicted molar refractivity (Wildman–Crippen MR) is 115 cm³/mol. The Hall–Kier alpha value is -2.56. The number of ether oxygens (including phenoxy) is 1. The van der Waals surface area contributed by atoms with E-state index in [2.05, 4.69) is 13.8 Å². The van der Waals surface area contributed by atoms with E-state index in [1.807, 2.05) is 27.7 Å². The highest BCUT2D eigenvalue weighted by Gasteiger charge is 2.24. The highest BCUT2D eigenvalue weighted by molar-refractivity contribution is 5.58. The summed E-state index contributed by atoms with van der Waals surface area (Å²) >= 11 is 0. The molecule has 2 aromatic rings. The summed E-state index contributed by atoms with van der Waals surface area (Å²) in [5, 5.41) is 37.0. The Morgan fingerprint density at radius 1 is 0.893 bits per heavy atom. The van der Waals surface area contributed by atoms with E-state index in [0.29, 0.717) is 12.4 Å². The van der Waals surface area contributed by atoms with Gasteiger partial charge in [-0.2, -0.15) is 0 Å². The lowest BCUT2D eigenvalue weighted by Crippen LogP contribution is -2.12. The molecule has 158 valence electrons. The van der Waals surface area contributed by atoms with E-state index in [4.69, 9.17) is 14.9 Å². The third-order valence-corrected chi connectivity index (χ3v) is 4.18. The minimum absolute atomic E-state index is 0.0764. The number of phenols is 4. The fourth-order valence-corrected chi connectivity index (χ4v) is 2.66. The second kappa shape index (κ2) is 13.6. The smallest absolute Gasteiger partial charge is 0.157 e. The second-order valence-electron chi connectivity index (χ2n) is 5.89. The van der Waals surface area contributed by atoms with Crippen LogP contribution in [0, 0.1) is 0 Å². The fraction of sp³-hybridized carbons (Fsp3) is 0.478. The molecule has 5 heteroatoms. The van der Waals surface area contributed by atoms with Gasteiger partial charge >= 0.3 is 0 Å². The molecule has 2 aromatic carbocycles. The molecule has 0 amide bonds. The number of benzene rings is 2. The summed E-state index contributed by atoms with van der Waals surface area (Å²) in [7, 11) is 0. The van der Waals surface area contributed by atoms with Crippen LogP contribution in [0.5, 0.6) is 28.7 Å². The maximum absolute atomic E-state index is 9.91. The fourth-order valence-electron chi connectivity index (χ4n) is 2.66. The minimum atomic E-state index is -0.0764. The van der Waals surface area contributed by atoms with Crippen LogP contribution in [0.1, 0.15) is 71.4 Å². The van der Waals surface area contributed by atoms with Crippen molar-refractivity contribution in [1.29, 1.82) is 0 Å². The van der Waals surface area contributed by atoms with Crippen molar-refractivity contribution >= 4 is 0 Å². The van der Waals surface area contributed by atoms with Gasteiger partial charge in [0.05, 0.1) is 6.61 Å². The van der Waals surface area contributed by atoms with Gasteiger partial charge in [-0.3, -0.25) is 0 Å². The van der Waals surface area contributed by atoms with Crippen molar-refractivity contribution < 1.29 is 25.2 Å².